The Morgan fingerprint density at radius 2 is 2.18 bits per heavy atom. The van der Waals surface area contributed by atoms with E-state index < -0.39 is 0 Å². The molecule has 0 bridgehead atoms. The van der Waals surface area contributed by atoms with Gasteiger partial charge in [0.05, 0.1) is 5.69 Å². The van der Waals surface area contributed by atoms with Crippen LogP contribution in [0.15, 0.2) is 29.5 Å². The molecule has 0 saturated heterocycles. The van der Waals surface area contributed by atoms with E-state index in [1.807, 2.05) is 39.0 Å². The Kier molecular flexibility index (Phi) is 7.15. The monoisotopic (exact) mass is 299 g/mol. The smallest absolute Gasteiger partial charge is 0.515 e. The molecule has 0 aromatic carbocycles. The Balaban J connectivity index is 0.00000256. The van der Waals surface area contributed by atoms with Gasteiger partial charge >= 0.3 is 17.1 Å². The summed E-state index contributed by atoms with van der Waals surface area (Å²) in [6.07, 6.45) is 3.29. The van der Waals surface area contributed by atoms with Gasteiger partial charge in [-0.2, -0.15) is 0 Å². The van der Waals surface area contributed by atoms with Gasteiger partial charge in [0.25, 0.3) is 0 Å². The standard InChI is InChI=1S/C11H16N4S.Cu/c1-11(2,3)14-10(16)15-13-8-9-6-4-5-7-12-9;/h4-8H,1-3H3,(H2,12,14,15,16);/q;+2. The van der Waals surface area contributed by atoms with Crippen molar-refractivity contribution < 1.29 is 17.1 Å². The average molecular weight is 300 g/mol. The molecule has 1 aromatic heterocycles. The van der Waals surface area contributed by atoms with E-state index in [1.165, 1.54) is 0 Å². The number of nitrogens with zero attached hydrogens (tertiary/aromatic N) is 3. The minimum absolute atomic E-state index is 0. The van der Waals surface area contributed by atoms with E-state index in [1.54, 1.807) is 12.4 Å². The van der Waals surface area contributed by atoms with E-state index in [0.717, 1.165) is 5.69 Å². The van der Waals surface area contributed by atoms with E-state index in [4.69, 9.17) is 0 Å². The summed E-state index contributed by atoms with van der Waals surface area (Å²) in [4.78, 5) is 4.09. The molecule has 0 spiro atoms. The zero-order valence-corrected chi connectivity index (χ0v) is 11.8. The molecule has 6 heteroatoms. The molecule has 0 fully saturated rings. The number of hydrogen-bond acceptors (Lipinski definition) is 2. The number of hydrogen-bond donors (Lipinski definition) is 1. The van der Waals surface area contributed by atoms with Crippen molar-refractivity contribution in [2.24, 2.45) is 5.10 Å². The molecular weight excluding hydrogens is 284 g/mol. The van der Waals surface area contributed by atoms with Crippen LogP contribution in [0.5, 0.6) is 0 Å². The largest absolute Gasteiger partial charge is 2.00 e. The van der Waals surface area contributed by atoms with Gasteiger partial charge in [0.1, 0.15) is 0 Å². The Bertz CT molecular complexity index is 373. The molecule has 0 amide bonds. The maximum absolute atomic E-state index is 4.17. The zero-order chi connectivity index (χ0) is 12.0. The van der Waals surface area contributed by atoms with Crippen LogP contribution in [-0.2, 0) is 29.3 Å². The van der Waals surface area contributed by atoms with Gasteiger partial charge in [-0.25, -0.2) is 0 Å². The number of nitrogens with one attached hydrogen (secondary N) is 1. The Morgan fingerprint density at radius 3 is 2.71 bits per heavy atom. The summed E-state index contributed by atoms with van der Waals surface area (Å²) in [5.74, 6) is 0. The van der Waals surface area contributed by atoms with Crippen LogP contribution in [0.1, 0.15) is 26.5 Å². The van der Waals surface area contributed by atoms with Crippen molar-refractivity contribution in [3.63, 3.8) is 0 Å². The van der Waals surface area contributed by atoms with E-state index in [9.17, 15) is 0 Å². The van der Waals surface area contributed by atoms with Gasteiger partial charge in [0.2, 0.25) is 0 Å². The summed E-state index contributed by atoms with van der Waals surface area (Å²) in [5.41, 5.74) is 4.60. The first-order valence-corrected chi connectivity index (χ1v) is 5.41. The van der Waals surface area contributed by atoms with Gasteiger partial charge in [0, 0.05) is 18.0 Å². The minimum atomic E-state index is -0.0684. The van der Waals surface area contributed by atoms with Crippen LogP contribution in [0.3, 0.4) is 0 Å². The first-order valence-electron chi connectivity index (χ1n) is 4.96. The third-order valence-corrected chi connectivity index (χ3v) is 1.72. The minimum Gasteiger partial charge on any atom is -0.515 e. The molecule has 95 valence electrons. The van der Waals surface area contributed by atoms with E-state index in [2.05, 4.69) is 33.0 Å². The molecule has 1 aromatic rings. The quantitative estimate of drug-likeness (QED) is 0.225. The second-order valence-corrected chi connectivity index (χ2v) is 4.72. The van der Waals surface area contributed by atoms with Crippen LogP contribution >= 0.6 is 0 Å². The molecule has 0 saturated carbocycles. The Hall–Kier alpha value is -0.811. The van der Waals surface area contributed by atoms with Crippen molar-refractivity contribution in [1.29, 1.82) is 0 Å². The van der Waals surface area contributed by atoms with Gasteiger partial charge < -0.3 is 10.5 Å². The number of rotatable bonds is 2. The SMILES string of the molecule is CC(C)(C)NC(=[SH+])[N-]N=Cc1ccccn1.[Cu+2]. The van der Waals surface area contributed by atoms with Crippen LogP contribution in [0.25, 0.3) is 5.43 Å². The van der Waals surface area contributed by atoms with Crippen LogP contribution < -0.4 is 5.32 Å². The van der Waals surface area contributed by atoms with Crippen molar-refractivity contribution >= 4 is 23.5 Å². The van der Waals surface area contributed by atoms with Gasteiger partial charge in [-0.3, -0.25) is 10.3 Å². The molecule has 1 heterocycles. The molecule has 1 N–H and O–H groups in total. The van der Waals surface area contributed by atoms with E-state index in [0.29, 0.717) is 5.11 Å². The average Bonchev–Trinajstić information content (AvgIpc) is 2.16. The van der Waals surface area contributed by atoms with Gasteiger partial charge in [-0.05, 0) is 32.9 Å². The Labute approximate surface area is 118 Å². The van der Waals surface area contributed by atoms with Crippen LogP contribution in [-0.4, -0.2) is 21.8 Å². The second kappa shape index (κ2) is 7.50. The maximum Gasteiger partial charge on any atom is 2.00 e. The van der Waals surface area contributed by atoms with Crippen molar-refractivity contribution in [3.8, 4) is 0 Å². The number of thiol groups is 1. The number of pyridine rings is 1. The van der Waals surface area contributed by atoms with Crippen molar-refractivity contribution in [2.45, 2.75) is 26.3 Å². The predicted molar refractivity (Wildman–Crippen MR) is 71.8 cm³/mol. The fourth-order valence-electron chi connectivity index (χ4n) is 0.955. The molecule has 0 aliphatic rings. The van der Waals surface area contributed by atoms with E-state index in [-0.39, 0.29) is 22.6 Å². The van der Waals surface area contributed by atoms with Crippen molar-refractivity contribution in [3.05, 3.63) is 35.5 Å². The fraction of sp³-hybridized carbons (Fsp3) is 0.364. The van der Waals surface area contributed by atoms with Crippen molar-refractivity contribution in [1.82, 2.24) is 10.3 Å². The Morgan fingerprint density at radius 1 is 1.47 bits per heavy atom. The summed E-state index contributed by atoms with van der Waals surface area (Å²) in [5, 5.41) is 7.46. The molecule has 0 aliphatic carbocycles. The van der Waals surface area contributed by atoms with Gasteiger partial charge in [-0.1, -0.05) is 6.07 Å². The molecular formula is C11H16CuN4S+2. The zero-order valence-electron chi connectivity index (χ0n) is 9.98. The molecule has 4 nitrogen and oxygen atoms in total. The molecule has 1 rings (SSSR count). The topological polar surface area (TPSA) is 51.4 Å². The van der Waals surface area contributed by atoms with Crippen LogP contribution in [0.4, 0.5) is 0 Å². The molecule has 0 aliphatic heterocycles. The second-order valence-electron chi connectivity index (χ2n) is 4.30. The maximum atomic E-state index is 4.17. The molecule has 17 heavy (non-hydrogen) atoms. The summed E-state index contributed by atoms with van der Waals surface area (Å²) in [6.45, 7) is 6.09. The van der Waals surface area contributed by atoms with Crippen LogP contribution in [0.2, 0.25) is 0 Å². The van der Waals surface area contributed by atoms with Crippen LogP contribution in [0, 0.1) is 0 Å². The molecule has 0 atom stereocenters. The first kappa shape index (κ1) is 16.2. The van der Waals surface area contributed by atoms with Crippen molar-refractivity contribution in [2.75, 3.05) is 0 Å². The summed E-state index contributed by atoms with van der Waals surface area (Å²) < 4.78 is 0. The molecule has 1 radical (unpaired) electrons. The predicted octanol–water partition coefficient (Wildman–Crippen LogP) is 1.54. The summed E-state index contributed by atoms with van der Waals surface area (Å²) >= 11 is 4.17. The summed E-state index contributed by atoms with van der Waals surface area (Å²) in [6, 6.07) is 5.60. The fourth-order valence-corrected chi connectivity index (χ4v) is 1.34. The summed E-state index contributed by atoms with van der Waals surface area (Å²) in [7, 11) is 0. The third kappa shape index (κ3) is 7.99. The van der Waals surface area contributed by atoms with Gasteiger partial charge in [-0.15, -0.1) is 0 Å². The first-order chi connectivity index (χ1) is 7.47. The van der Waals surface area contributed by atoms with E-state index >= 15 is 0 Å². The normalized spacial score (nSPS) is 11.0. The molecule has 0 unspecified atom stereocenters. The third-order valence-electron chi connectivity index (χ3n) is 1.52. The number of aromatic nitrogens is 1. The van der Waals surface area contributed by atoms with Gasteiger partial charge in [0.15, 0.2) is 17.3 Å².